The Morgan fingerprint density at radius 1 is 1.60 bits per heavy atom. The maximum atomic E-state index is 11.5. The number of carbonyl (C=O) groups excluding carboxylic acids is 1. The number of nitrogens with one attached hydrogen (secondary N) is 1. The first-order chi connectivity index (χ1) is 7.25. The van der Waals surface area contributed by atoms with Crippen molar-refractivity contribution in [3.63, 3.8) is 0 Å². The Balaban J connectivity index is 2.26. The molecule has 4 heteroatoms. The molecule has 0 unspecified atom stereocenters. The molecule has 1 amide bonds. The predicted octanol–water partition coefficient (Wildman–Crippen LogP) is 2.01. The van der Waals surface area contributed by atoms with Gasteiger partial charge in [0.25, 0.3) is 5.91 Å². The summed E-state index contributed by atoms with van der Waals surface area (Å²) in [5, 5.41) is 11.1. The highest BCUT2D eigenvalue weighted by atomic mass is 16.3. The number of furan rings is 1. The summed E-state index contributed by atoms with van der Waals surface area (Å²) in [5.74, 6) is 0.516. The SMILES string of the molecule is Cc1occc1C(=O)NCCCCC#N. The number of rotatable bonds is 5. The Morgan fingerprint density at radius 2 is 2.40 bits per heavy atom. The highest BCUT2D eigenvalue weighted by Gasteiger charge is 2.09. The summed E-state index contributed by atoms with van der Waals surface area (Å²) in [6, 6.07) is 3.72. The first-order valence-corrected chi connectivity index (χ1v) is 4.95. The van der Waals surface area contributed by atoms with E-state index in [-0.39, 0.29) is 5.91 Å². The van der Waals surface area contributed by atoms with Crippen LogP contribution in [0.3, 0.4) is 0 Å². The molecule has 0 aliphatic rings. The molecule has 0 spiro atoms. The Hall–Kier alpha value is -1.76. The minimum Gasteiger partial charge on any atom is -0.469 e. The van der Waals surface area contributed by atoms with Gasteiger partial charge in [-0.2, -0.15) is 5.26 Å². The Morgan fingerprint density at radius 3 is 3.00 bits per heavy atom. The number of hydrogen-bond donors (Lipinski definition) is 1. The van der Waals surface area contributed by atoms with E-state index in [1.807, 2.05) is 0 Å². The molecule has 80 valence electrons. The molecule has 0 aliphatic carbocycles. The summed E-state index contributed by atoms with van der Waals surface area (Å²) >= 11 is 0. The first-order valence-electron chi connectivity index (χ1n) is 4.95. The first kappa shape index (κ1) is 11.3. The largest absolute Gasteiger partial charge is 0.469 e. The van der Waals surface area contributed by atoms with Crippen LogP contribution in [0, 0.1) is 18.3 Å². The normalized spacial score (nSPS) is 9.60. The van der Waals surface area contributed by atoms with Crippen LogP contribution in [0.4, 0.5) is 0 Å². The minimum atomic E-state index is -0.113. The summed E-state index contributed by atoms with van der Waals surface area (Å²) in [6.07, 6.45) is 3.69. The Bertz CT molecular complexity index is 363. The van der Waals surface area contributed by atoms with Crippen LogP contribution in [0.1, 0.15) is 35.4 Å². The molecule has 4 nitrogen and oxygen atoms in total. The minimum absolute atomic E-state index is 0.113. The van der Waals surface area contributed by atoms with Crippen LogP contribution in [0.15, 0.2) is 16.7 Å². The molecule has 0 bridgehead atoms. The van der Waals surface area contributed by atoms with Crippen molar-refractivity contribution in [2.24, 2.45) is 0 Å². The van der Waals surface area contributed by atoms with Gasteiger partial charge in [-0.15, -0.1) is 0 Å². The fourth-order valence-electron chi connectivity index (χ4n) is 1.25. The molecule has 1 aromatic heterocycles. The van der Waals surface area contributed by atoms with Gasteiger partial charge in [0.1, 0.15) is 5.76 Å². The average molecular weight is 206 g/mol. The lowest BCUT2D eigenvalue weighted by atomic mass is 10.2. The maximum Gasteiger partial charge on any atom is 0.254 e. The third kappa shape index (κ3) is 3.47. The van der Waals surface area contributed by atoms with E-state index in [0.29, 0.717) is 24.3 Å². The second-order valence-corrected chi connectivity index (χ2v) is 3.26. The fourth-order valence-corrected chi connectivity index (χ4v) is 1.25. The Kier molecular flexibility index (Phi) is 4.42. The van der Waals surface area contributed by atoms with Gasteiger partial charge in [-0.3, -0.25) is 4.79 Å². The number of carbonyl (C=O) groups is 1. The van der Waals surface area contributed by atoms with Crippen molar-refractivity contribution in [3.8, 4) is 6.07 Å². The quantitative estimate of drug-likeness (QED) is 0.749. The van der Waals surface area contributed by atoms with Crippen LogP contribution >= 0.6 is 0 Å². The van der Waals surface area contributed by atoms with Gasteiger partial charge in [0.2, 0.25) is 0 Å². The molecule has 0 saturated heterocycles. The van der Waals surface area contributed by atoms with Crippen LogP contribution in [-0.2, 0) is 0 Å². The highest BCUT2D eigenvalue weighted by Crippen LogP contribution is 2.07. The van der Waals surface area contributed by atoms with Gasteiger partial charge in [0.05, 0.1) is 17.9 Å². The van der Waals surface area contributed by atoms with E-state index in [9.17, 15) is 4.79 Å². The topological polar surface area (TPSA) is 66.0 Å². The zero-order valence-electron chi connectivity index (χ0n) is 8.75. The molecule has 15 heavy (non-hydrogen) atoms. The number of nitriles is 1. The lowest BCUT2D eigenvalue weighted by Gasteiger charge is -2.02. The zero-order valence-corrected chi connectivity index (χ0v) is 8.75. The standard InChI is InChI=1S/C11H14N2O2/c1-9-10(5-8-15-9)11(14)13-7-4-2-3-6-12/h5,8H,2-4,7H2,1H3,(H,13,14). The lowest BCUT2D eigenvalue weighted by molar-refractivity contribution is 0.0951. The van der Waals surface area contributed by atoms with Gasteiger partial charge >= 0.3 is 0 Å². The second-order valence-electron chi connectivity index (χ2n) is 3.26. The van der Waals surface area contributed by atoms with Crippen molar-refractivity contribution >= 4 is 5.91 Å². The van der Waals surface area contributed by atoms with E-state index in [0.717, 1.165) is 12.8 Å². The van der Waals surface area contributed by atoms with Crippen molar-refractivity contribution in [2.45, 2.75) is 26.2 Å². The second kappa shape index (κ2) is 5.86. The zero-order chi connectivity index (χ0) is 11.1. The monoisotopic (exact) mass is 206 g/mol. The molecule has 0 radical (unpaired) electrons. The summed E-state index contributed by atoms with van der Waals surface area (Å²) in [4.78, 5) is 11.5. The van der Waals surface area contributed by atoms with Crippen LogP contribution in [-0.4, -0.2) is 12.5 Å². The van der Waals surface area contributed by atoms with Crippen molar-refractivity contribution < 1.29 is 9.21 Å². The number of unbranched alkanes of at least 4 members (excludes halogenated alkanes) is 2. The molecule has 0 fully saturated rings. The van der Waals surface area contributed by atoms with Crippen molar-refractivity contribution in [1.82, 2.24) is 5.32 Å². The van der Waals surface area contributed by atoms with E-state index in [1.54, 1.807) is 13.0 Å². The average Bonchev–Trinajstić information content (AvgIpc) is 2.64. The molecule has 0 saturated carbocycles. The van der Waals surface area contributed by atoms with Gasteiger partial charge in [0.15, 0.2) is 0 Å². The lowest BCUT2D eigenvalue weighted by Crippen LogP contribution is -2.24. The fraction of sp³-hybridized carbons (Fsp3) is 0.455. The molecular weight excluding hydrogens is 192 g/mol. The van der Waals surface area contributed by atoms with Crippen LogP contribution in [0.5, 0.6) is 0 Å². The van der Waals surface area contributed by atoms with Crippen LogP contribution in [0.2, 0.25) is 0 Å². The van der Waals surface area contributed by atoms with E-state index in [2.05, 4.69) is 11.4 Å². The molecular formula is C11H14N2O2. The molecule has 0 aromatic carbocycles. The van der Waals surface area contributed by atoms with E-state index in [1.165, 1.54) is 6.26 Å². The number of aryl methyl sites for hydroxylation is 1. The molecule has 1 rings (SSSR count). The highest BCUT2D eigenvalue weighted by molar-refractivity contribution is 5.94. The molecule has 1 N–H and O–H groups in total. The van der Waals surface area contributed by atoms with Gasteiger partial charge < -0.3 is 9.73 Å². The molecule has 0 atom stereocenters. The third-order valence-electron chi connectivity index (χ3n) is 2.10. The summed E-state index contributed by atoms with van der Waals surface area (Å²) in [6.45, 7) is 2.36. The molecule has 1 heterocycles. The predicted molar refractivity (Wildman–Crippen MR) is 55.2 cm³/mol. The number of amides is 1. The van der Waals surface area contributed by atoms with Gasteiger partial charge in [-0.05, 0) is 25.8 Å². The summed E-state index contributed by atoms with van der Waals surface area (Å²) < 4.78 is 5.03. The van der Waals surface area contributed by atoms with E-state index in [4.69, 9.17) is 9.68 Å². The van der Waals surface area contributed by atoms with Crippen LogP contribution in [0.25, 0.3) is 0 Å². The summed E-state index contributed by atoms with van der Waals surface area (Å²) in [7, 11) is 0. The molecule has 0 aliphatic heterocycles. The molecule has 1 aromatic rings. The third-order valence-corrected chi connectivity index (χ3v) is 2.10. The van der Waals surface area contributed by atoms with Crippen molar-refractivity contribution in [1.29, 1.82) is 5.26 Å². The van der Waals surface area contributed by atoms with Crippen molar-refractivity contribution in [3.05, 3.63) is 23.7 Å². The number of nitrogens with zero attached hydrogens (tertiary/aromatic N) is 1. The van der Waals surface area contributed by atoms with Crippen molar-refractivity contribution in [2.75, 3.05) is 6.54 Å². The van der Waals surface area contributed by atoms with E-state index >= 15 is 0 Å². The Labute approximate surface area is 88.9 Å². The smallest absolute Gasteiger partial charge is 0.254 e. The summed E-state index contributed by atoms with van der Waals surface area (Å²) in [5.41, 5.74) is 0.579. The maximum absolute atomic E-state index is 11.5. The van der Waals surface area contributed by atoms with Gasteiger partial charge in [-0.25, -0.2) is 0 Å². The van der Waals surface area contributed by atoms with E-state index < -0.39 is 0 Å². The number of hydrogen-bond acceptors (Lipinski definition) is 3. The van der Waals surface area contributed by atoms with Gasteiger partial charge in [-0.1, -0.05) is 0 Å². The van der Waals surface area contributed by atoms with Crippen LogP contribution < -0.4 is 5.32 Å². The van der Waals surface area contributed by atoms with Gasteiger partial charge in [0, 0.05) is 13.0 Å².